The topological polar surface area (TPSA) is 41.5 Å². The van der Waals surface area contributed by atoms with Crippen LogP contribution in [0.1, 0.15) is 12.5 Å². The molecule has 0 radical (unpaired) electrons. The normalized spacial score (nSPS) is 24.8. The smallest absolute Gasteiger partial charge is 0.143 e. The molecule has 0 fully saturated rings. The predicted molar refractivity (Wildman–Crippen MR) is 55.8 cm³/mol. The van der Waals surface area contributed by atoms with Gasteiger partial charge in [0.05, 0.1) is 18.3 Å². The monoisotopic (exact) mass is 193 g/mol. The van der Waals surface area contributed by atoms with Gasteiger partial charge in [0.1, 0.15) is 11.9 Å². The Morgan fingerprint density at radius 3 is 3.00 bits per heavy atom. The minimum Gasteiger partial charge on any atom is -0.484 e. The van der Waals surface area contributed by atoms with Crippen LogP contribution < -0.4 is 10.1 Å². The Hall–Kier alpha value is -1.22. The highest BCUT2D eigenvalue weighted by Crippen LogP contribution is 2.31. The van der Waals surface area contributed by atoms with Gasteiger partial charge in [0.25, 0.3) is 0 Å². The molecule has 0 saturated heterocycles. The highest BCUT2D eigenvalue weighted by molar-refractivity contribution is 5.60. The number of aryl methyl sites for hydroxylation is 1. The summed E-state index contributed by atoms with van der Waals surface area (Å²) in [6.07, 6.45) is -0.148. The quantitative estimate of drug-likeness (QED) is 0.711. The Labute approximate surface area is 83.7 Å². The maximum Gasteiger partial charge on any atom is 0.143 e. The molecule has 1 aliphatic rings. The number of benzene rings is 1. The Morgan fingerprint density at radius 2 is 2.29 bits per heavy atom. The summed E-state index contributed by atoms with van der Waals surface area (Å²) in [4.78, 5) is 0. The van der Waals surface area contributed by atoms with Crippen LogP contribution in [0.5, 0.6) is 5.75 Å². The van der Waals surface area contributed by atoms with Crippen LogP contribution in [0.2, 0.25) is 0 Å². The first-order valence-electron chi connectivity index (χ1n) is 4.85. The van der Waals surface area contributed by atoms with Crippen LogP contribution in [-0.4, -0.2) is 23.9 Å². The summed E-state index contributed by atoms with van der Waals surface area (Å²) in [5.41, 5.74) is 2.22. The van der Waals surface area contributed by atoms with E-state index in [1.807, 2.05) is 26.0 Å². The predicted octanol–water partition coefficient (Wildman–Crippen LogP) is 1.55. The molecular weight excluding hydrogens is 178 g/mol. The molecule has 0 aromatic heterocycles. The SMILES string of the molecule is Cc1ccc2c(c1)NC(C)C(CO)O2. The average molecular weight is 193 g/mol. The number of rotatable bonds is 1. The molecule has 0 saturated carbocycles. The van der Waals surface area contributed by atoms with Crippen molar-refractivity contribution in [1.29, 1.82) is 0 Å². The van der Waals surface area contributed by atoms with Crippen molar-refractivity contribution in [2.24, 2.45) is 0 Å². The first-order valence-corrected chi connectivity index (χ1v) is 4.85. The Morgan fingerprint density at radius 1 is 1.50 bits per heavy atom. The van der Waals surface area contributed by atoms with Crippen LogP contribution in [0.4, 0.5) is 5.69 Å². The fraction of sp³-hybridized carbons (Fsp3) is 0.455. The number of ether oxygens (including phenoxy) is 1. The molecule has 3 heteroatoms. The number of aliphatic hydroxyl groups excluding tert-OH is 1. The number of nitrogens with one attached hydrogen (secondary N) is 1. The summed E-state index contributed by atoms with van der Waals surface area (Å²) in [5, 5.41) is 12.4. The molecule has 1 aromatic carbocycles. The fourth-order valence-electron chi connectivity index (χ4n) is 1.66. The third-order valence-electron chi connectivity index (χ3n) is 2.53. The molecular formula is C11H15NO2. The third kappa shape index (κ3) is 1.55. The Kier molecular flexibility index (Phi) is 2.33. The van der Waals surface area contributed by atoms with E-state index in [2.05, 4.69) is 11.4 Å². The second-order valence-electron chi connectivity index (χ2n) is 3.77. The second-order valence-corrected chi connectivity index (χ2v) is 3.77. The second kappa shape index (κ2) is 3.50. The van der Waals surface area contributed by atoms with Crippen molar-refractivity contribution in [2.75, 3.05) is 11.9 Å². The maximum absolute atomic E-state index is 9.08. The maximum atomic E-state index is 9.08. The van der Waals surface area contributed by atoms with Crippen molar-refractivity contribution in [3.63, 3.8) is 0 Å². The molecule has 2 unspecified atom stereocenters. The van der Waals surface area contributed by atoms with E-state index < -0.39 is 0 Å². The summed E-state index contributed by atoms with van der Waals surface area (Å²) < 4.78 is 5.64. The molecule has 3 nitrogen and oxygen atoms in total. The molecule has 0 aliphatic carbocycles. The highest BCUT2D eigenvalue weighted by atomic mass is 16.5. The summed E-state index contributed by atoms with van der Waals surface area (Å²) in [5.74, 6) is 0.827. The van der Waals surface area contributed by atoms with Crippen molar-refractivity contribution in [1.82, 2.24) is 0 Å². The largest absolute Gasteiger partial charge is 0.484 e. The number of hydrogen-bond donors (Lipinski definition) is 2. The zero-order valence-electron chi connectivity index (χ0n) is 8.45. The first-order chi connectivity index (χ1) is 6.70. The van der Waals surface area contributed by atoms with Gasteiger partial charge in [0.15, 0.2) is 0 Å². The lowest BCUT2D eigenvalue weighted by molar-refractivity contribution is 0.0977. The lowest BCUT2D eigenvalue weighted by Crippen LogP contribution is -2.41. The third-order valence-corrected chi connectivity index (χ3v) is 2.53. The van der Waals surface area contributed by atoms with E-state index >= 15 is 0 Å². The molecule has 0 spiro atoms. The fourth-order valence-corrected chi connectivity index (χ4v) is 1.66. The number of aliphatic hydroxyl groups is 1. The summed E-state index contributed by atoms with van der Waals surface area (Å²) in [7, 11) is 0. The molecule has 1 heterocycles. The van der Waals surface area contributed by atoms with Gasteiger partial charge in [0.2, 0.25) is 0 Å². The van der Waals surface area contributed by atoms with Crippen LogP contribution in [0.3, 0.4) is 0 Å². The molecule has 76 valence electrons. The van der Waals surface area contributed by atoms with Gasteiger partial charge in [-0.1, -0.05) is 6.07 Å². The van der Waals surface area contributed by atoms with Crippen LogP contribution in [0.25, 0.3) is 0 Å². The van der Waals surface area contributed by atoms with Crippen LogP contribution in [0, 0.1) is 6.92 Å². The van der Waals surface area contributed by atoms with Crippen LogP contribution in [0.15, 0.2) is 18.2 Å². The van der Waals surface area contributed by atoms with E-state index in [1.54, 1.807) is 0 Å². The first kappa shape index (κ1) is 9.34. The van der Waals surface area contributed by atoms with Gasteiger partial charge in [-0.2, -0.15) is 0 Å². The minimum atomic E-state index is -0.148. The minimum absolute atomic E-state index is 0.0431. The van der Waals surface area contributed by atoms with Crippen molar-refractivity contribution < 1.29 is 9.84 Å². The van der Waals surface area contributed by atoms with Crippen molar-refractivity contribution in [2.45, 2.75) is 26.0 Å². The highest BCUT2D eigenvalue weighted by Gasteiger charge is 2.25. The van der Waals surface area contributed by atoms with E-state index in [4.69, 9.17) is 9.84 Å². The van der Waals surface area contributed by atoms with Crippen LogP contribution in [-0.2, 0) is 0 Å². The zero-order valence-corrected chi connectivity index (χ0v) is 8.45. The van der Waals surface area contributed by atoms with Crippen molar-refractivity contribution >= 4 is 5.69 Å². The van der Waals surface area contributed by atoms with E-state index in [0.29, 0.717) is 0 Å². The van der Waals surface area contributed by atoms with Gasteiger partial charge in [-0.05, 0) is 31.5 Å². The van der Waals surface area contributed by atoms with Crippen molar-refractivity contribution in [3.8, 4) is 5.75 Å². The summed E-state index contributed by atoms with van der Waals surface area (Å²) in [6.45, 7) is 4.10. The van der Waals surface area contributed by atoms with Gasteiger partial charge < -0.3 is 15.2 Å². The van der Waals surface area contributed by atoms with E-state index in [-0.39, 0.29) is 18.8 Å². The molecule has 1 aromatic rings. The van der Waals surface area contributed by atoms with Gasteiger partial charge in [-0.15, -0.1) is 0 Å². The molecule has 2 N–H and O–H groups in total. The molecule has 0 amide bonds. The van der Waals surface area contributed by atoms with E-state index in [1.165, 1.54) is 5.56 Å². The van der Waals surface area contributed by atoms with Gasteiger partial charge >= 0.3 is 0 Å². The van der Waals surface area contributed by atoms with E-state index in [9.17, 15) is 0 Å². The summed E-state index contributed by atoms with van der Waals surface area (Å²) in [6, 6.07) is 6.14. The molecule has 1 aliphatic heterocycles. The van der Waals surface area contributed by atoms with Gasteiger partial charge in [-0.3, -0.25) is 0 Å². The summed E-state index contributed by atoms with van der Waals surface area (Å²) >= 11 is 0. The lowest BCUT2D eigenvalue weighted by Gasteiger charge is -2.32. The zero-order chi connectivity index (χ0) is 10.1. The average Bonchev–Trinajstić information content (AvgIpc) is 2.16. The lowest BCUT2D eigenvalue weighted by atomic mass is 10.1. The standard InChI is InChI=1S/C11H15NO2/c1-7-3-4-10-9(5-7)12-8(2)11(6-13)14-10/h3-5,8,11-13H,6H2,1-2H3. The van der Waals surface area contributed by atoms with E-state index in [0.717, 1.165) is 11.4 Å². The van der Waals surface area contributed by atoms with Gasteiger partial charge in [0, 0.05) is 0 Å². The van der Waals surface area contributed by atoms with Crippen LogP contribution >= 0.6 is 0 Å². The number of fused-ring (bicyclic) bond motifs is 1. The van der Waals surface area contributed by atoms with Gasteiger partial charge in [-0.25, -0.2) is 0 Å². The Balaban J connectivity index is 2.30. The molecule has 14 heavy (non-hydrogen) atoms. The Bertz CT molecular complexity index is 338. The molecule has 2 atom stereocenters. The molecule has 0 bridgehead atoms. The van der Waals surface area contributed by atoms with Crippen molar-refractivity contribution in [3.05, 3.63) is 23.8 Å². The molecule has 2 rings (SSSR count). The number of hydrogen-bond acceptors (Lipinski definition) is 3. The number of anilines is 1.